The normalized spacial score (nSPS) is 11.2. The number of aryl methyl sites for hydroxylation is 1. The van der Waals surface area contributed by atoms with E-state index in [1.165, 1.54) is 0 Å². The number of nitrogens with zero attached hydrogens (tertiary/aromatic N) is 5. The summed E-state index contributed by atoms with van der Waals surface area (Å²) in [6, 6.07) is 5.49. The van der Waals surface area contributed by atoms with Crippen molar-refractivity contribution in [3.8, 4) is 0 Å². The van der Waals surface area contributed by atoms with E-state index in [-0.39, 0.29) is 0 Å². The van der Waals surface area contributed by atoms with Crippen LogP contribution in [-0.4, -0.2) is 24.3 Å². The summed E-state index contributed by atoms with van der Waals surface area (Å²) in [7, 11) is 1.89. The number of aromatic nitrogens is 5. The number of fused-ring (bicyclic) bond motifs is 1. The summed E-state index contributed by atoms with van der Waals surface area (Å²) < 4.78 is 3.71. The number of benzene rings is 1. The van der Waals surface area contributed by atoms with Gasteiger partial charge in [-0.05, 0) is 18.2 Å². The third-order valence-electron chi connectivity index (χ3n) is 2.84. The van der Waals surface area contributed by atoms with Gasteiger partial charge in [0.05, 0.1) is 17.6 Å². The fourth-order valence-electron chi connectivity index (χ4n) is 1.87. The highest BCUT2D eigenvalue weighted by molar-refractivity contribution is 6.31. The van der Waals surface area contributed by atoms with E-state index in [1.54, 1.807) is 12.4 Å². The lowest BCUT2D eigenvalue weighted by Gasteiger charge is -2.05. The fraction of sp³-hybridized carbons (Fsp3) is 0.182. The molecule has 0 radical (unpaired) electrons. The van der Waals surface area contributed by atoms with Crippen LogP contribution in [0, 0.1) is 0 Å². The summed E-state index contributed by atoms with van der Waals surface area (Å²) in [5, 5.41) is 8.53. The van der Waals surface area contributed by atoms with Crippen molar-refractivity contribution in [3.63, 3.8) is 0 Å². The number of nitrogens with two attached hydrogens (primary N) is 1. The minimum absolute atomic E-state index is 0.440. The van der Waals surface area contributed by atoms with Gasteiger partial charge in [-0.15, -0.1) is 10.2 Å². The van der Waals surface area contributed by atoms with Gasteiger partial charge in [0.25, 0.3) is 0 Å². The molecule has 0 unspecified atom stereocenters. The lowest BCUT2D eigenvalue weighted by Crippen LogP contribution is -2.08. The van der Waals surface area contributed by atoms with Gasteiger partial charge in [0.2, 0.25) is 5.95 Å². The summed E-state index contributed by atoms with van der Waals surface area (Å²) in [5.74, 6) is 1.25. The Kier molecular flexibility index (Phi) is 2.45. The highest BCUT2D eigenvalue weighted by Crippen LogP contribution is 2.22. The van der Waals surface area contributed by atoms with Crippen LogP contribution in [0.1, 0.15) is 5.82 Å². The largest absolute Gasteiger partial charge is 0.369 e. The Labute approximate surface area is 108 Å². The molecule has 3 aromatic rings. The lowest BCUT2D eigenvalue weighted by molar-refractivity contribution is 0.718. The van der Waals surface area contributed by atoms with Crippen LogP contribution in [0.15, 0.2) is 24.5 Å². The molecule has 2 heterocycles. The number of anilines is 1. The summed E-state index contributed by atoms with van der Waals surface area (Å²) in [6.07, 6.45) is 1.65. The maximum absolute atomic E-state index is 6.00. The molecular weight excluding hydrogens is 252 g/mol. The van der Waals surface area contributed by atoms with Crippen LogP contribution in [-0.2, 0) is 13.6 Å². The number of imidazole rings is 1. The first-order chi connectivity index (χ1) is 8.65. The Bertz CT molecular complexity index is 713. The summed E-state index contributed by atoms with van der Waals surface area (Å²) >= 11 is 6.00. The zero-order chi connectivity index (χ0) is 12.7. The van der Waals surface area contributed by atoms with Crippen molar-refractivity contribution in [2.45, 2.75) is 6.54 Å². The molecule has 0 atom stereocenters. The quantitative estimate of drug-likeness (QED) is 0.758. The van der Waals surface area contributed by atoms with Crippen molar-refractivity contribution in [1.82, 2.24) is 24.3 Å². The van der Waals surface area contributed by atoms with Gasteiger partial charge in [-0.25, -0.2) is 4.98 Å². The average molecular weight is 263 g/mol. The molecule has 6 nitrogen and oxygen atoms in total. The molecular formula is C11H11ClN6. The van der Waals surface area contributed by atoms with Crippen molar-refractivity contribution in [2.75, 3.05) is 5.73 Å². The van der Waals surface area contributed by atoms with Crippen molar-refractivity contribution in [3.05, 3.63) is 35.4 Å². The first-order valence-electron chi connectivity index (χ1n) is 5.39. The van der Waals surface area contributed by atoms with Crippen LogP contribution >= 0.6 is 11.6 Å². The first-order valence-corrected chi connectivity index (χ1v) is 5.77. The van der Waals surface area contributed by atoms with Crippen LogP contribution in [0.5, 0.6) is 0 Å². The van der Waals surface area contributed by atoms with E-state index >= 15 is 0 Å². The zero-order valence-electron chi connectivity index (χ0n) is 9.71. The van der Waals surface area contributed by atoms with Gasteiger partial charge in [-0.3, -0.25) is 0 Å². The molecule has 0 saturated heterocycles. The molecule has 0 fully saturated rings. The monoisotopic (exact) mass is 262 g/mol. The average Bonchev–Trinajstić information content (AvgIpc) is 2.86. The Hall–Kier alpha value is -2.08. The Morgan fingerprint density at radius 1 is 1.39 bits per heavy atom. The first kappa shape index (κ1) is 11.0. The fourth-order valence-corrected chi connectivity index (χ4v) is 2.04. The Balaban J connectivity index is 2.13. The van der Waals surface area contributed by atoms with E-state index < -0.39 is 0 Å². The summed E-state index contributed by atoms with van der Waals surface area (Å²) in [6.45, 7) is 0.513. The summed E-state index contributed by atoms with van der Waals surface area (Å²) in [4.78, 5) is 4.29. The van der Waals surface area contributed by atoms with E-state index in [0.29, 0.717) is 17.5 Å². The molecule has 7 heteroatoms. The number of hydrogen-bond acceptors (Lipinski definition) is 4. The van der Waals surface area contributed by atoms with Crippen LogP contribution in [0.25, 0.3) is 11.0 Å². The standard InChI is InChI=1S/C11H11ClN6/c1-17-6-14-16-10(17)5-18-9-4-7(12)2-3-8(9)15-11(18)13/h2-4,6H,5H2,1H3,(H2,13,15). The van der Waals surface area contributed by atoms with Crippen molar-refractivity contribution >= 4 is 28.6 Å². The molecule has 2 N–H and O–H groups in total. The Morgan fingerprint density at radius 3 is 2.94 bits per heavy atom. The highest BCUT2D eigenvalue weighted by atomic mass is 35.5. The smallest absolute Gasteiger partial charge is 0.201 e. The molecule has 0 aliphatic carbocycles. The van der Waals surface area contributed by atoms with Crippen LogP contribution in [0.2, 0.25) is 5.02 Å². The molecule has 1 aromatic carbocycles. The van der Waals surface area contributed by atoms with E-state index in [1.807, 2.05) is 28.3 Å². The van der Waals surface area contributed by atoms with E-state index in [2.05, 4.69) is 15.2 Å². The van der Waals surface area contributed by atoms with Gasteiger partial charge >= 0.3 is 0 Å². The molecule has 18 heavy (non-hydrogen) atoms. The topological polar surface area (TPSA) is 74.5 Å². The second-order valence-corrected chi connectivity index (χ2v) is 4.48. The van der Waals surface area contributed by atoms with Crippen molar-refractivity contribution in [1.29, 1.82) is 0 Å². The number of halogens is 1. The third-order valence-corrected chi connectivity index (χ3v) is 3.08. The molecule has 3 rings (SSSR count). The van der Waals surface area contributed by atoms with Gasteiger partial charge in [-0.2, -0.15) is 0 Å². The van der Waals surface area contributed by atoms with Gasteiger partial charge in [-0.1, -0.05) is 11.6 Å². The van der Waals surface area contributed by atoms with Gasteiger partial charge in [0, 0.05) is 12.1 Å². The number of hydrogen-bond donors (Lipinski definition) is 1. The van der Waals surface area contributed by atoms with Crippen LogP contribution in [0.3, 0.4) is 0 Å². The minimum atomic E-state index is 0.440. The number of rotatable bonds is 2. The zero-order valence-corrected chi connectivity index (χ0v) is 10.5. The minimum Gasteiger partial charge on any atom is -0.369 e. The number of nitrogen functional groups attached to an aromatic ring is 1. The van der Waals surface area contributed by atoms with Crippen molar-refractivity contribution in [2.24, 2.45) is 7.05 Å². The third kappa shape index (κ3) is 1.70. The molecule has 0 aliphatic heterocycles. The predicted molar refractivity (Wildman–Crippen MR) is 69.3 cm³/mol. The molecule has 0 bridgehead atoms. The molecule has 2 aromatic heterocycles. The SMILES string of the molecule is Cn1cnnc1Cn1c(N)nc2ccc(Cl)cc21. The molecule has 92 valence electrons. The maximum Gasteiger partial charge on any atom is 0.201 e. The van der Waals surface area contributed by atoms with Gasteiger partial charge < -0.3 is 14.9 Å². The van der Waals surface area contributed by atoms with Crippen LogP contribution in [0.4, 0.5) is 5.95 Å². The van der Waals surface area contributed by atoms with E-state index in [0.717, 1.165) is 16.9 Å². The lowest BCUT2D eigenvalue weighted by atomic mass is 10.3. The second kappa shape index (κ2) is 3.99. The molecule has 0 amide bonds. The Morgan fingerprint density at radius 2 is 2.22 bits per heavy atom. The second-order valence-electron chi connectivity index (χ2n) is 4.05. The highest BCUT2D eigenvalue weighted by Gasteiger charge is 2.11. The summed E-state index contributed by atoms with van der Waals surface area (Å²) in [5.41, 5.74) is 7.63. The maximum atomic E-state index is 6.00. The van der Waals surface area contributed by atoms with Gasteiger partial charge in [0.1, 0.15) is 6.33 Å². The van der Waals surface area contributed by atoms with Gasteiger partial charge in [0.15, 0.2) is 5.82 Å². The molecule has 0 saturated carbocycles. The molecule has 0 aliphatic rings. The molecule has 0 spiro atoms. The van der Waals surface area contributed by atoms with Crippen molar-refractivity contribution < 1.29 is 0 Å². The van der Waals surface area contributed by atoms with E-state index in [4.69, 9.17) is 17.3 Å². The van der Waals surface area contributed by atoms with E-state index in [9.17, 15) is 0 Å². The van der Waals surface area contributed by atoms with Crippen LogP contribution < -0.4 is 5.73 Å². The predicted octanol–water partition coefficient (Wildman–Crippen LogP) is 1.45.